The van der Waals surface area contributed by atoms with Gasteiger partial charge in [-0.1, -0.05) is 0 Å². The lowest BCUT2D eigenvalue weighted by atomic mass is 10.1. The molecule has 0 amide bonds. The normalized spacial score (nSPS) is 22.8. The second-order valence-electron chi connectivity index (χ2n) is 6.67. The number of nitrogens with zero attached hydrogens (tertiary/aromatic N) is 2. The van der Waals surface area contributed by atoms with Crippen LogP contribution < -0.4 is 0 Å². The van der Waals surface area contributed by atoms with Gasteiger partial charge in [0.2, 0.25) is 0 Å². The maximum Gasteiger partial charge on any atom is 0.0125 e. The molecule has 0 bridgehead atoms. The van der Waals surface area contributed by atoms with Gasteiger partial charge in [0, 0.05) is 24.2 Å². The summed E-state index contributed by atoms with van der Waals surface area (Å²) in [5.41, 5.74) is 0.655. The third-order valence-corrected chi connectivity index (χ3v) is 3.39. The van der Waals surface area contributed by atoms with E-state index in [1.54, 1.807) is 0 Å². The van der Waals surface area contributed by atoms with Crippen molar-refractivity contribution in [3.8, 4) is 0 Å². The predicted molar refractivity (Wildman–Crippen MR) is 67.3 cm³/mol. The molecular weight excluding hydrogens is 184 g/mol. The molecule has 0 N–H and O–H groups in total. The van der Waals surface area contributed by atoms with Crippen molar-refractivity contribution in [3.05, 3.63) is 0 Å². The van der Waals surface area contributed by atoms with Gasteiger partial charge < -0.3 is 0 Å². The lowest BCUT2D eigenvalue weighted by molar-refractivity contribution is 0.116. The van der Waals surface area contributed by atoms with E-state index in [1.165, 1.54) is 32.6 Å². The molecule has 1 fully saturated rings. The van der Waals surface area contributed by atoms with Gasteiger partial charge in [0.1, 0.15) is 0 Å². The largest absolute Gasteiger partial charge is 0.297 e. The third kappa shape index (κ3) is 3.76. The average Bonchev–Trinajstić information content (AvgIpc) is 2.24. The molecule has 1 heterocycles. The van der Waals surface area contributed by atoms with Crippen molar-refractivity contribution >= 4 is 0 Å². The standard InChI is InChI=1S/C13H28N2/c1-12(2,3)14-8-7-9-15(11-10-14)13(4,5)6/h7-11H2,1-6H3. The lowest BCUT2D eigenvalue weighted by Crippen LogP contribution is -2.46. The Bertz CT molecular complexity index is 176. The van der Waals surface area contributed by atoms with E-state index in [0.717, 1.165) is 0 Å². The van der Waals surface area contributed by atoms with E-state index in [9.17, 15) is 0 Å². The van der Waals surface area contributed by atoms with Gasteiger partial charge in [0.25, 0.3) is 0 Å². The molecule has 1 saturated heterocycles. The highest BCUT2D eigenvalue weighted by Gasteiger charge is 2.28. The summed E-state index contributed by atoms with van der Waals surface area (Å²) in [6.45, 7) is 18.8. The minimum absolute atomic E-state index is 0.327. The highest BCUT2D eigenvalue weighted by molar-refractivity contribution is 4.84. The Kier molecular flexibility index (Phi) is 3.83. The number of hydrogen-bond acceptors (Lipinski definition) is 2. The summed E-state index contributed by atoms with van der Waals surface area (Å²) in [4.78, 5) is 5.22. The maximum atomic E-state index is 2.61. The van der Waals surface area contributed by atoms with Crippen LogP contribution in [-0.2, 0) is 0 Å². The molecule has 0 aromatic rings. The highest BCUT2D eigenvalue weighted by Crippen LogP contribution is 2.20. The van der Waals surface area contributed by atoms with Crippen LogP contribution in [0.4, 0.5) is 0 Å². The fraction of sp³-hybridized carbons (Fsp3) is 1.00. The van der Waals surface area contributed by atoms with Gasteiger partial charge in [-0.2, -0.15) is 0 Å². The van der Waals surface area contributed by atoms with E-state index in [2.05, 4.69) is 51.3 Å². The molecule has 0 atom stereocenters. The molecule has 0 unspecified atom stereocenters. The summed E-state index contributed by atoms with van der Waals surface area (Å²) in [5, 5.41) is 0. The fourth-order valence-corrected chi connectivity index (χ4v) is 2.26. The third-order valence-electron chi connectivity index (χ3n) is 3.39. The summed E-state index contributed by atoms with van der Waals surface area (Å²) in [5.74, 6) is 0. The van der Waals surface area contributed by atoms with Crippen LogP contribution in [0.15, 0.2) is 0 Å². The van der Waals surface area contributed by atoms with Crippen molar-refractivity contribution in [1.82, 2.24) is 9.80 Å². The monoisotopic (exact) mass is 212 g/mol. The molecular formula is C13H28N2. The quantitative estimate of drug-likeness (QED) is 0.609. The van der Waals surface area contributed by atoms with E-state index in [-0.39, 0.29) is 0 Å². The van der Waals surface area contributed by atoms with Gasteiger partial charge in [-0.25, -0.2) is 0 Å². The Hall–Kier alpha value is -0.0800. The van der Waals surface area contributed by atoms with Crippen LogP contribution in [-0.4, -0.2) is 47.1 Å². The minimum atomic E-state index is 0.327. The first-order valence-corrected chi connectivity index (χ1v) is 6.21. The summed E-state index contributed by atoms with van der Waals surface area (Å²) in [7, 11) is 0. The van der Waals surface area contributed by atoms with E-state index < -0.39 is 0 Å². The average molecular weight is 212 g/mol. The van der Waals surface area contributed by atoms with Gasteiger partial charge in [0.15, 0.2) is 0 Å². The maximum absolute atomic E-state index is 2.61. The Morgan fingerprint density at radius 1 is 0.600 bits per heavy atom. The van der Waals surface area contributed by atoms with Gasteiger partial charge in [-0.15, -0.1) is 0 Å². The molecule has 15 heavy (non-hydrogen) atoms. The number of rotatable bonds is 0. The van der Waals surface area contributed by atoms with Crippen molar-refractivity contribution in [2.75, 3.05) is 26.2 Å². The van der Waals surface area contributed by atoms with Crippen LogP contribution in [0.25, 0.3) is 0 Å². The van der Waals surface area contributed by atoms with Gasteiger partial charge >= 0.3 is 0 Å². The minimum Gasteiger partial charge on any atom is -0.297 e. The zero-order valence-corrected chi connectivity index (χ0v) is 11.4. The van der Waals surface area contributed by atoms with Crippen LogP contribution in [0.2, 0.25) is 0 Å². The molecule has 0 aromatic heterocycles. The fourth-order valence-electron chi connectivity index (χ4n) is 2.26. The summed E-state index contributed by atoms with van der Waals surface area (Å²) < 4.78 is 0. The second kappa shape index (κ2) is 4.42. The van der Waals surface area contributed by atoms with Crippen molar-refractivity contribution < 1.29 is 0 Å². The first-order valence-electron chi connectivity index (χ1n) is 6.21. The Balaban J connectivity index is 2.57. The van der Waals surface area contributed by atoms with Crippen molar-refractivity contribution in [2.45, 2.75) is 59.0 Å². The molecule has 0 aromatic carbocycles. The van der Waals surface area contributed by atoms with Crippen molar-refractivity contribution in [1.29, 1.82) is 0 Å². The van der Waals surface area contributed by atoms with Gasteiger partial charge in [-0.3, -0.25) is 9.80 Å². The molecule has 1 aliphatic rings. The van der Waals surface area contributed by atoms with Crippen LogP contribution in [0.3, 0.4) is 0 Å². The smallest absolute Gasteiger partial charge is 0.0125 e. The molecule has 0 saturated carbocycles. The van der Waals surface area contributed by atoms with Crippen LogP contribution in [0.5, 0.6) is 0 Å². The highest BCUT2D eigenvalue weighted by atomic mass is 15.3. The molecule has 0 aliphatic carbocycles. The summed E-state index contributed by atoms with van der Waals surface area (Å²) in [6, 6.07) is 0. The van der Waals surface area contributed by atoms with Crippen molar-refractivity contribution in [2.24, 2.45) is 0 Å². The molecule has 2 nitrogen and oxygen atoms in total. The summed E-state index contributed by atoms with van der Waals surface area (Å²) in [6.07, 6.45) is 1.30. The van der Waals surface area contributed by atoms with E-state index in [1.807, 2.05) is 0 Å². The van der Waals surface area contributed by atoms with Gasteiger partial charge in [0.05, 0.1) is 0 Å². The van der Waals surface area contributed by atoms with Gasteiger partial charge in [-0.05, 0) is 61.1 Å². The Morgan fingerprint density at radius 3 is 1.20 bits per heavy atom. The number of hydrogen-bond donors (Lipinski definition) is 0. The van der Waals surface area contributed by atoms with Crippen LogP contribution in [0.1, 0.15) is 48.0 Å². The second-order valence-corrected chi connectivity index (χ2v) is 6.67. The van der Waals surface area contributed by atoms with Crippen LogP contribution in [0, 0.1) is 0 Å². The molecule has 0 radical (unpaired) electrons. The zero-order valence-electron chi connectivity index (χ0n) is 11.4. The van der Waals surface area contributed by atoms with Crippen molar-refractivity contribution in [3.63, 3.8) is 0 Å². The van der Waals surface area contributed by atoms with Crippen LogP contribution >= 0.6 is 0 Å². The molecule has 1 aliphatic heterocycles. The zero-order chi connectivity index (χ0) is 11.7. The lowest BCUT2D eigenvalue weighted by Gasteiger charge is -2.37. The molecule has 0 spiro atoms. The SMILES string of the molecule is CC(C)(C)N1CCCN(C(C)(C)C)CC1. The summed E-state index contributed by atoms with van der Waals surface area (Å²) >= 11 is 0. The first kappa shape index (κ1) is 13.0. The molecule has 2 heteroatoms. The topological polar surface area (TPSA) is 6.48 Å². The molecule has 1 rings (SSSR count). The Labute approximate surface area is 95.6 Å². The van der Waals surface area contributed by atoms with E-state index in [4.69, 9.17) is 0 Å². The van der Waals surface area contributed by atoms with E-state index in [0.29, 0.717) is 11.1 Å². The Morgan fingerprint density at radius 2 is 0.933 bits per heavy atom. The predicted octanol–water partition coefficient (Wildman–Crippen LogP) is 2.59. The van der Waals surface area contributed by atoms with E-state index >= 15 is 0 Å². The molecule has 90 valence electrons. The first-order chi connectivity index (χ1) is 6.71.